The molecular weight excluding hydrogens is 184 g/mol. The van der Waals surface area contributed by atoms with Crippen molar-refractivity contribution < 1.29 is 0 Å². The van der Waals surface area contributed by atoms with E-state index in [1.807, 2.05) is 0 Å². The molecule has 0 aliphatic carbocycles. The van der Waals surface area contributed by atoms with E-state index in [1.165, 1.54) is 45.4 Å². The molecule has 2 rings (SSSR count). The maximum absolute atomic E-state index is 3.51. The highest BCUT2D eigenvalue weighted by atomic mass is 15.2. The molecule has 0 aromatic rings. The van der Waals surface area contributed by atoms with Crippen molar-refractivity contribution in [3.63, 3.8) is 0 Å². The zero-order valence-corrected chi connectivity index (χ0v) is 10.6. The van der Waals surface area contributed by atoms with Crippen LogP contribution >= 0.6 is 0 Å². The molecule has 2 heterocycles. The first-order chi connectivity index (χ1) is 7.14. The van der Waals surface area contributed by atoms with E-state index in [4.69, 9.17) is 0 Å². The van der Waals surface area contributed by atoms with Gasteiger partial charge in [0.1, 0.15) is 0 Å². The summed E-state index contributed by atoms with van der Waals surface area (Å²) in [5.74, 6) is 0.844. The second-order valence-electron chi connectivity index (χ2n) is 5.90. The van der Waals surface area contributed by atoms with Crippen LogP contribution in [-0.4, -0.2) is 37.1 Å². The SMILES string of the molecule is CCC1(C)CCN(C2CNCC2C)CC1. The summed E-state index contributed by atoms with van der Waals surface area (Å²) in [6.45, 7) is 12.3. The summed E-state index contributed by atoms with van der Waals surface area (Å²) < 4.78 is 0. The lowest BCUT2D eigenvalue weighted by atomic mass is 9.77. The van der Waals surface area contributed by atoms with Crippen LogP contribution in [0.2, 0.25) is 0 Å². The van der Waals surface area contributed by atoms with Gasteiger partial charge in [0.05, 0.1) is 0 Å². The van der Waals surface area contributed by atoms with Gasteiger partial charge >= 0.3 is 0 Å². The molecule has 0 spiro atoms. The molecular formula is C13H26N2. The Morgan fingerprint density at radius 2 is 1.93 bits per heavy atom. The Morgan fingerprint density at radius 1 is 1.27 bits per heavy atom. The Kier molecular flexibility index (Phi) is 3.36. The summed E-state index contributed by atoms with van der Waals surface area (Å²) in [5, 5.41) is 3.51. The molecule has 88 valence electrons. The van der Waals surface area contributed by atoms with Gasteiger partial charge in [-0.2, -0.15) is 0 Å². The molecule has 0 radical (unpaired) electrons. The van der Waals surface area contributed by atoms with Crippen LogP contribution in [-0.2, 0) is 0 Å². The lowest BCUT2D eigenvalue weighted by Gasteiger charge is -2.42. The van der Waals surface area contributed by atoms with Crippen molar-refractivity contribution in [2.24, 2.45) is 11.3 Å². The zero-order valence-electron chi connectivity index (χ0n) is 10.6. The highest BCUT2D eigenvalue weighted by Gasteiger charge is 2.34. The number of hydrogen-bond donors (Lipinski definition) is 1. The van der Waals surface area contributed by atoms with E-state index in [0.29, 0.717) is 5.41 Å². The van der Waals surface area contributed by atoms with Crippen LogP contribution in [0.5, 0.6) is 0 Å². The average molecular weight is 210 g/mol. The van der Waals surface area contributed by atoms with Gasteiger partial charge in [-0.1, -0.05) is 27.2 Å². The molecule has 2 heteroatoms. The molecule has 2 nitrogen and oxygen atoms in total. The molecule has 1 N–H and O–H groups in total. The quantitative estimate of drug-likeness (QED) is 0.751. The lowest BCUT2D eigenvalue weighted by molar-refractivity contribution is 0.0741. The molecule has 2 saturated heterocycles. The van der Waals surface area contributed by atoms with Gasteiger partial charge in [0.15, 0.2) is 0 Å². The Hall–Kier alpha value is -0.0800. The van der Waals surface area contributed by atoms with Gasteiger partial charge in [-0.25, -0.2) is 0 Å². The van der Waals surface area contributed by atoms with Gasteiger partial charge in [0.2, 0.25) is 0 Å². The third-order valence-electron chi connectivity index (χ3n) is 4.80. The summed E-state index contributed by atoms with van der Waals surface area (Å²) in [6, 6.07) is 0.811. The topological polar surface area (TPSA) is 15.3 Å². The van der Waals surface area contributed by atoms with E-state index in [-0.39, 0.29) is 0 Å². The Bertz CT molecular complexity index is 207. The second-order valence-corrected chi connectivity index (χ2v) is 5.90. The van der Waals surface area contributed by atoms with Crippen molar-refractivity contribution in [2.75, 3.05) is 26.2 Å². The van der Waals surface area contributed by atoms with Crippen molar-refractivity contribution in [1.82, 2.24) is 10.2 Å². The van der Waals surface area contributed by atoms with Gasteiger partial charge in [-0.15, -0.1) is 0 Å². The van der Waals surface area contributed by atoms with Crippen LogP contribution in [0, 0.1) is 11.3 Å². The molecule has 0 amide bonds. The summed E-state index contributed by atoms with van der Waals surface area (Å²) in [5.41, 5.74) is 0.631. The number of nitrogens with zero attached hydrogens (tertiary/aromatic N) is 1. The fourth-order valence-electron chi connectivity index (χ4n) is 3.03. The number of likely N-dealkylation sites (tertiary alicyclic amines) is 1. The maximum atomic E-state index is 3.51. The van der Waals surface area contributed by atoms with Crippen molar-refractivity contribution in [2.45, 2.75) is 46.1 Å². The van der Waals surface area contributed by atoms with Gasteiger partial charge < -0.3 is 5.32 Å². The third kappa shape index (κ3) is 2.36. The van der Waals surface area contributed by atoms with Crippen molar-refractivity contribution in [3.05, 3.63) is 0 Å². The van der Waals surface area contributed by atoms with E-state index >= 15 is 0 Å². The van der Waals surface area contributed by atoms with Crippen LogP contribution in [0.1, 0.15) is 40.0 Å². The molecule has 15 heavy (non-hydrogen) atoms. The number of hydrogen-bond acceptors (Lipinski definition) is 2. The fourth-order valence-corrected chi connectivity index (χ4v) is 3.03. The number of rotatable bonds is 2. The summed E-state index contributed by atoms with van der Waals surface area (Å²) in [6.07, 6.45) is 4.14. The Labute approximate surface area is 94.4 Å². The normalized spacial score (nSPS) is 37.0. The monoisotopic (exact) mass is 210 g/mol. The van der Waals surface area contributed by atoms with Crippen molar-refractivity contribution >= 4 is 0 Å². The maximum Gasteiger partial charge on any atom is 0.0258 e. The predicted molar refractivity (Wildman–Crippen MR) is 65.0 cm³/mol. The molecule has 2 fully saturated rings. The number of piperidine rings is 1. The molecule has 0 bridgehead atoms. The standard InChI is InChI=1S/C13H26N2/c1-4-13(3)5-7-15(8-6-13)12-10-14-9-11(12)2/h11-12,14H,4-10H2,1-3H3. The summed E-state index contributed by atoms with van der Waals surface area (Å²) in [4.78, 5) is 2.72. The van der Waals surface area contributed by atoms with E-state index in [1.54, 1.807) is 0 Å². The van der Waals surface area contributed by atoms with E-state index in [2.05, 4.69) is 31.0 Å². The second kappa shape index (κ2) is 4.42. The van der Waals surface area contributed by atoms with Gasteiger partial charge in [-0.3, -0.25) is 4.90 Å². The Balaban J connectivity index is 1.88. The first kappa shape index (κ1) is 11.4. The zero-order chi connectivity index (χ0) is 10.9. The van der Waals surface area contributed by atoms with Crippen LogP contribution < -0.4 is 5.32 Å². The molecule has 2 aliphatic heterocycles. The average Bonchev–Trinajstić information content (AvgIpc) is 2.66. The van der Waals surface area contributed by atoms with Gasteiger partial charge in [-0.05, 0) is 43.8 Å². The Morgan fingerprint density at radius 3 is 2.40 bits per heavy atom. The van der Waals surface area contributed by atoms with Crippen molar-refractivity contribution in [1.29, 1.82) is 0 Å². The van der Waals surface area contributed by atoms with Crippen LogP contribution in [0.15, 0.2) is 0 Å². The van der Waals surface area contributed by atoms with Crippen LogP contribution in [0.3, 0.4) is 0 Å². The van der Waals surface area contributed by atoms with E-state index < -0.39 is 0 Å². The first-order valence-electron chi connectivity index (χ1n) is 6.59. The highest BCUT2D eigenvalue weighted by molar-refractivity contribution is 4.90. The molecule has 2 atom stereocenters. The summed E-state index contributed by atoms with van der Waals surface area (Å²) in [7, 11) is 0. The predicted octanol–water partition coefficient (Wildman–Crippen LogP) is 2.11. The molecule has 0 aromatic carbocycles. The summed E-state index contributed by atoms with van der Waals surface area (Å²) >= 11 is 0. The minimum absolute atomic E-state index is 0.631. The fraction of sp³-hybridized carbons (Fsp3) is 1.00. The first-order valence-corrected chi connectivity index (χ1v) is 6.59. The van der Waals surface area contributed by atoms with Crippen LogP contribution in [0.4, 0.5) is 0 Å². The number of nitrogens with one attached hydrogen (secondary N) is 1. The third-order valence-corrected chi connectivity index (χ3v) is 4.80. The van der Waals surface area contributed by atoms with Gasteiger partial charge in [0, 0.05) is 12.6 Å². The molecule has 0 saturated carbocycles. The van der Waals surface area contributed by atoms with Crippen molar-refractivity contribution in [3.8, 4) is 0 Å². The minimum Gasteiger partial charge on any atom is -0.315 e. The highest BCUT2D eigenvalue weighted by Crippen LogP contribution is 2.35. The van der Waals surface area contributed by atoms with Crippen LogP contribution in [0.25, 0.3) is 0 Å². The largest absolute Gasteiger partial charge is 0.315 e. The molecule has 2 aliphatic rings. The van der Waals surface area contributed by atoms with E-state index in [0.717, 1.165) is 12.0 Å². The minimum atomic E-state index is 0.631. The smallest absolute Gasteiger partial charge is 0.0258 e. The van der Waals surface area contributed by atoms with E-state index in [9.17, 15) is 0 Å². The van der Waals surface area contributed by atoms with Gasteiger partial charge in [0.25, 0.3) is 0 Å². The molecule has 0 aromatic heterocycles. The molecule has 2 unspecified atom stereocenters. The lowest BCUT2D eigenvalue weighted by Crippen LogP contribution is -2.47.